The molecule has 0 aliphatic heterocycles. The minimum Gasteiger partial charge on any atom is -0.480 e. The smallest absolute Gasteiger partial charge is 0.320 e. The van der Waals surface area contributed by atoms with Crippen LogP contribution in [0.2, 0.25) is 0 Å². The minimum atomic E-state index is -1.02. The van der Waals surface area contributed by atoms with Crippen LogP contribution in [-0.4, -0.2) is 45.3 Å². The van der Waals surface area contributed by atoms with Crippen molar-refractivity contribution in [2.24, 2.45) is 5.73 Å². The van der Waals surface area contributed by atoms with Crippen LogP contribution in [0.4, 0.5) is 0 Å². The molecule has 0 amide bonds. The van der Waals surface area contributed by atoms with Crippen LogP contribution >= 0.6 is 0 Å². The van der Waals surface area contributed by atoms with Crippen LogP contribution in [0.5, 0.6) is 0 Å². The number of hydrogen-bond donors (Lipinski definition) is 2. The Balaban J connectivity index is 1.98. The number of aliphatic carboxylic acids is 1. The molecule has 0 radical (unpaired) electrons. The second kappa shape index (κ2) is 6.12. The quantitative estimate of drug-likeness (QED) is 0.799. The van der Waals surface area contributed by atoms with Gasteiger partial charge in [-0.25, -0.2) is 4.68 Å². The number of hydrogen-bond acceptors (Lipinski definition) is 5. The number of carboxylic acid groups (broad SMARTS) is 1. The first-order valence-corrected chi connectivity index (χ1v) is 6.52. The molecular formula is C12H20N4O3. The molecule has 0 aromatic carbocycles. The minimum absolute atomic E-state index is 0.204. The van der Waals surface area contributed by atoms with Gasteiger partial charge >= 0.3 is 5.97 Å². The van der Waals surface area contributed by atoms with E-state index >= 15 is 0 Å². The highest BCUT2D eigenvalue weighted by atomic mass is 16.5. The molecular weight excluding hydrogens is 248 g/mol. The summed E-state index contributed by atoms with van der Waals surface area (Å²) in [6, 6.07) is -0.649. The molecule has 1 aromatic heterocycles. The maximum absolute atomic E-state index is 10.7. The molecule has 0 saturated heterocycles. The van der Waals surface area contributed by atoms with Gasteiger partial charge in [-0.1, -0.05) is 5.21 Å². The molecule has 0 bridgehead atoms. The molecule has 3 atom stereocenters. The van der Waals surface area contributed by atoms with Crippen LogP contribution in [-0.2, 0) is 16.0 Å². The van der Waals surface area contributed by atoms with Crippen molar-refractivity contribution in [2.45, 2.75) is 50.3 Å². The third-order valence-corrected chi connectivity index (χ3v) is 3.61. The van der Waals surface area contributed by atoms with Crippen LogP contribution in [0.15, 0.2) is 6.20 Å². The molecule has 1 aliphatic rings. The lowest BCUT2D eigenvalue weighted by molar-refractivity contribution is -0.138. The van der Waals surface area contributed by atoms with Crippen molar-refractivity contribution in [3.05, 3.63) is 11.9 Å². The largest absolute Gasteiger partial charge is 0.480 e. The Morgan fingerprint density at radius 1 is 1.68 bits per heavy atom. The fourth-order valence-electron chi connectivity index (χ4n) is 2.47. The molecule has 1 heterocycles. The van der Waals surface area contributed by atoms with Crippen LogP contribution in [0.3, 0.4) is 0 Å². The molecule has 3 N–H and O–H groups in total. The zero-order valence-corrected chi connectivity index (χ0v) is 11.0. The number of nitrogens with two attached hydrogens (primary N) is 1. The zero-order valence-electron chi connectivity index (χ0n) is 11.0. The Morgan fingerprint density at radius 3 is 3.16 bits per heavy atom. The summed E-state index contributed by atoms with van der Waals surface area (Å²) in [5, 5.41) is 16.8. The number of carbonyl (C=O) groups is 1. The van der Waals surface area contributed by atoms with E-state index in [1.807, 2.05) is 4.68 Å². The van der Waals surface area contributed by atoms with Crippen LogP contribution < -0.4 is 5.73 Å². The van der Waals surface area contributed by atoms with Gasteiger partial charge in [0.05, 0.1) is 17.8 Å². The van der Waals surface area contributed by atoms with Crippen LogP contribution in [0, 0.1) is 0 Å². The molecule has 19 heavy (non-hydrogen) atoms. The van der Waals surface area contributed by atoms with E-state index in [1.54, 1.807) is 13.3 Å². The van der Waals surface area contributed by atoms with E-state index in [1.165, 1.54) is 0 Å². The number of carboxylic acids is 1. The van der Waals surface area contributed by atoms with Gasteiger partial charge in [-0.15, -0.1) is 5.10 Å². The fraction of sp³-hybridized carbons (Fsp3) is 0.750. The summed E-state index contributed by atoms with van der Waals surface area (Å²) in [5.74, 6) is -1.02. The van der Waals surface area contributed by atoms with Crippen LogP contribution in [0.1, 0.15) is 37.4 Å². The first-order valence-electron chi connectivity index (χ1n) is 6.52. The Kier molecular flexibility index (Phi) is 4.49. The van der Waals surface area contributed by atoms with E-state index in [0.29, 0.717) is 5.69 Å². The topological polar surface area (TPSA) is 103 Å². The number of nitrogens with zero attached hydrogens (tertiary/aromatic N) is 3. The highest BCUT2D eigenvalue weighted by Crippen LogP contribution is 2.29. The zero-order chi connectivity index (χ0) is 13.8. The van der Waals surface area contributed by atoms with Gasteiger partial charge in [0.1, 0.15) is 6.04 Å². The lowest BCUT2D eigenvalue weighted by Gasteiger charge is -2.27. The molecule has 7 nitrogen and oxygen atoms in total. The Labute approximate surface area is 111 Å². The molecule has 1 saturated carbocycles. The summed E-state index contributed by atoms with van der Waals surface area (Å²) in [5.41, 5.74) is 6.10. The molecule has 7 heteroatoms. The van der Waals surface area contributed by atoms with E-state index in [2.05, 4.69) is 10.3 Å². The van der Waals surface area contributed by atoms with Crippen molar-refractivity contribution in [3.63, 3.8) is 0 Å². The van der Waals surface area contributed by atoms with E-state index in [0.717, 1.165) is 25.7 Å². The average molecular weight is 268 g/mol. The third kappa shape index (κ3) is 3.51. The summed E-state index contributed by atoms with van der Waals surface area (Å²) in [6.07, 6.45) is 6.43. The number of aromatic nitrogens is 3. The highest BCUT2D eigenvalue weighted by Gasteiger charge is 2.24. The molecule has 2 rings (SSSR count). The Bertz CT molecular complexity index is 434. The SMILES string of the molecule is COC1CCCC(n2cc(CC(N)C(=O)O)nn2)C1. The summed E-state index contributed by atoms with van der Waals surface area (Å²) in [7, 11) is 1.73. The lowest BCUT2D eigenvalue weighted by atomic mass is 9.93. The first-order chi connectivity index (χ1) is 9.10. The predicted molar refractivity (Wildman–Crippen MR) is 67.6 cm³/mol. The Hall–Kier alpha value is -1.47. The molecule has 106 valence electrons. The molecule has 1 fully saturated rings. The van der Waals surface area contributed by atoms with Gasteiger partial charge in [0.25, 0.3) is 0 Å². The van der Waals surface area contributed by atoms with Crippen LogP contribution in [0.25, 0.3) is 0 Å². The highest BCUT2D eigenvalue weighted by molar-refractivity contribution is 5.73. The lowest BCUT2D eigenvalue weighted by Crippen LogP contribution is -2.32. The second-order valence-electron chi connectivity index (χ2n) is 5.02. The van der Waals surface area contributed by atoms with Gasteiger partial charge in [0.15, 0.2) is 0 Å². The van der Waals surface area contributed by atoms with Crippen molar-refractivity contribution in [1.29, 1.82) is 0 Å². The summed E-state index contributed by atoms with van der Waals surface area (Å²) < 4.78 is 7.20. The second-order valence-corrected chi connectivity index (χ2v) is 5.02. The van der Waals surface area contributed by atoms with Gasteiger partial charge in [-0.2, -0.15) is 0 Å². The molecule has 1 aliphatic carbocycles. The fourth-order valence-corrected chi connectivity index (χ4v) is 2.47. The van der Waals surface area contributed by atoms with E-state index < -0.39 is 12.0 Å². The number of rotatable bonds is 5. The van der Waals surface area contributed by atoms with Crippen molar-refractivity contribution < 1.29 is 14.6 Å². The maximum atomic E-state index is 10.7. The monoisotopic (exact) mass is 268 g/mol. The maximum Gasteiger partial charge on any atom is 0.320 e. The van der Waals surface area contributed by atoms with Gasteiger partial charge < -0.3 is 15.6 Å². The molecule has 0 spiro atoms. The van der Waals surface area contributed by atoms with Crippen molar-refractivity contribution >= 4 is 5.97 Å². The van der Waals surface area contributed by atoms with Crippen molar-refractivity contribution in [1.82, 2.24) is 15.0 Å². The Morgan fingerprint density at radius 2 is 2.47 bits per heavy atom. The van der Waals surface area contributed by atoms with E-state index in [9.17, 15) is 4.79 Å². The summed E-state index contributed by atoms with van der Waals surface area (Å²) in [6.45, 7) is 0. The average Bonchev–Trinajstić information content (AvgIpc) is 2.87. The van der Waals surface area contributed by atoms with Crippen molar-refractivity contribution in [2.75, 3.05) is 7.11 Å². The normalized spacial score (nSPS) is 25.2. The van der Waals surface area contributed by atoms with E-state index in [4.69, 9.17) is 15.6 Å². The third-order valence-electron chi connectivity index (χ3n) is 3.61. The molecule has 1 aromatic rings. The number of ether oxygens (including phenoxy) is 1. The van der Waals surface area contributed by atoms with Crippen molar-refractivity contribution in [3.8, 4) is 0 Å². The van der Waals surface area contributed by atoms with E-state index in [-0.39, 0.29) is 18.6 Å². The standard InChI is InChI=1S/C12H20N4O3/c1-19-10-4-2-3-9(6-10)16-7-8(14-15-16)5-11(13)12(17)18/h7,9-11H,2-6,13H2,1H3,(H,17,18). The van der Waals surface area contributed by atoms with Gasteiger partial charge in [-0.3, -0.25) is 4.79 Å². The van der Waals surface area contributed by atoms with Gasteiger partial charge in [-0.05, 0) is 25.7 Å². The van der Waals surface area contributed by atoms with Gasteiger partial charge in [0.2, 0.25) is 0 Å². The summed E-state index contributed by atoms with van der Waals surface area (Å²) >= 11 is 0. The molecule has 3 unspecified atom stereocenters. The van der Waals surface area contributed by atoms with Gasteiger partial charge in [0, 0.05) is 19.7 Å². The number of methoxy groups -OCH3 is 1. The summed E-state index contributed by atoms with van der Waals surface area (Å²) in [4.78, 5) is 10.7. The first kappa shape index (κ1) is 14.0. The predicted octanol–water partition coefficient (Wildman–Crippen LogP) is 0.363.